The number of esters is 1. The summed E-state index contributed by atoms with van der Waals surface area (Å²) in [7, 11) is -2.77. The van der Waals surface area contributed by atoms with Crippen LogP contribution in [-0.4, -0.2) is 56.3 Å². The summed E-state index contributed by atoms with van der Waals surface area (Å²) in [6, 6.07) is 19.1. The van der Waals surface area contributed by atoms with E-state index in [2.05, 4.69) is 50.4 Å². The van der Waals surface area contributed by atoms with E-state index in [1.165, 1.54) is 0 Å². The van der Waals surface area contributed by atoms with Crippen molar-refractivity contribution >= 4 is 36.7 Å². The van der Waals surface area contributed by atoms with Gasteiger partial charge in [0.25, 0.3) is 8.32 Å². The van der Waals surface area contributed by atoms with Crippen molar-refractivity contribution in [2.24, 2.45) is 0 Å². The van der Waals surface area contributed by atoms with Crippen molar-refractivity contribution in [2.75, 3.05) is 13.2 Å². The number of carbonyl (C=O) groups excluding carboxylic acids is 2. The third-order valence-electron chi connectivity index (χ3n) is 5.68. The smallest absolute Gasteiger partial charge is 0.407 e. The van der Waals surface area contributed by atoms with Crippen LogP contribution in [0, 0.1) is 0 Å². The van der Waals surface area contributed by atoms with Gasteiger partial charge in [-0.05, 0) is 42.6 Å². The van der Waals surface area contributed by atoms with Crippen LogP contribution >= 0.6 is 0 Å². The summed E-state index contributed by atoms with van der Waals surface area (Å²) in [5.74, 6) is -1.79. The molecule has 2 aromatic carbocycles. The van der Waals surface area contributed by atoms with E-state index in [0.717, 1.165) is 10.4 Å². The first kappa shape index (κ1) is 30.1. The standard InChI is InChI=1S/C28H39NO7Si/c1-27(2,3)36-25(32)23(17-18-24(30)31)29-26(33)34-19-20-35-37(28(4,5)6,21-13-9-7-10-14-21)22-15-11-8-12-16-22/h7-16,23H,17-20H2,1-6H3,(H,29,33)(H,30,31)/t23-/m0/s1. The molecular formula is C28H39NO7Si. The molecular weight excluding hydrogens is 490 g/mol. The lowest BCUT2D eigenvalue weighted by Crippen LogP contribution is -2.66. The van der Waals surface area contributed by atoms with E-state index in [1.807, 2.05) is 36.4 Å². The maximum atomic E-state index is 12.5. The number of amides is 1. The zero-order valence-corrected chi connectivity index (χ0v) is 23.6. The number of benzene rings is 2. The van der Waals surface area contributed by atoms with Gasteiger partial charge < -0.3 is 24.3 Å². The van der Waals surface area contributed by atoms with Gasteiger partial charge >= 0.3 is 18.0 Å². The molecule has 8 nitrogen and oxygen atoms in total. The van der Waals surface area contributed by atoms with Crippen molar-refractivity contribution in [3.05, 3.63) is 60.7 Å². The van der Waals surface area contributed by atoms with Crippen molar-refractivity contribution < 1.29 is 33.4 Å². The number of hydrogen-bond donors (Lipinski definition) is 2. The van der Waals surface area contributed by atoms with E-state index in [-0.39, 0.29) is 31.1 Å². The Balaban J connectivity index is 2.13. The van der Waals surface area contributed by atoms with E-state index in [9.17, 15) is 14.4 Å². The number of alkyl carbamates (subject to hydrolysis) is 1. The fraction of sp³-hybridized carbons (Fsp3) is 0.464. The lowest BCUT2D eigenvalue weighted by molar-refractivity contribution is -0.157. The monoisotopic (exact) mass is 529 g/mol. The number of carboxylic acid groups (broad SMARTS) is 1. The Kier molecular flexibility index (Phi) is 10.5. The summed E-state index contributed by atoms with van der Waals surface area (Å²) in [5.41, 5.74) is -0.784. The van der Waals surface area contributed by atoms with E-state index in [4.69, 9.17) is 19.0 Å². The van der Waals surface area contributed by atoms with Crippen LogP contribution < -0.4 is 15.7 Å². The first-order valence-electron chi connectivity index (χ1n) is 12.4. The van der Waals surface area contributed by atoms with Crippen molar-refractivity contribution in [2.45, 2.75) is 71.1 Å². The highest BCUT2D eigenvalue weighted by atomic mass is 28.4. The molecule has 0 spiro atoms. The predicted molar refractivity (Wildman–Crippen MR) is 145 cm³/mol. The topological polar surface area (TPSA) is 111 Å². The van der Waals surface area contributed by atoms with Crippen LogP contribution in [0.2, 0.25) is 5.04 Å². The number of aliphatic carboxylic acids is 1. The third-order valence-corrected chi connectivity index (χ3v) is 10.7. The molecule has 0 saturated heterocycles. The third kappa shape index (κ3) is 8.72. The number of ether oxygens (including phenoxy) is 2. The fourth-order valence-electron chi connectivity index (χ4n) is 4.16. The van der Waals surface area contributed by atoms with E-state index >= 15 is 0 Å². The van der Waals surface area contributed by atoms with Gasteiger partial charge in [-0.2, -0.15) is 0 Å². The molecule has 0 bridgehead atoms. The molecule has 0 heterocycles. The van der Waals surface area contributed by atoms with Gasteiger partial charge in [0, 0.05) is 6.42 Å². The molecule has 0 radical (unpaired) electrons. The average molecular weight is 530 g/mol. The minimum Gasteiger partial charge on any atom is -0.481 e. The van der Waals surface area contributed by atoms with Gasteiger partial charge in [0.1, 0.15) is 18.2 Å². The Morgan fingerprint density at radius 1 is 0.865 bits per heavy atom. The molecule has 0 unspecified atom stereocenters. The maximum absolute atomic E-state index is 12.5. The zero-order chi connectivity index (χ0) is 27.7. The van der Waals surface area contributed by atoms with Gasteiger partial charge in [0.15, 0.2) is 0 Å². The lowest BCUT2D eigenvalue weighted by Gasteiger charge is -2.43. The average Bonchev–Trinajstić information content (AvgIpc) is 2.81. The Morgan fingerprint density at radius 3 is 1.81 bits per heavy atom. The molecule has 0 saturated carbocycles. The normalized spacial score (nSPS) is 12.9. The second-order valence-corrected chi connectivity index (χ2v) is 15.1. The molecule has 1 atom stereocenters. The number of rotatable bonds is 11. The van der Waals surface area contributed by atoms with E-state index in [0.29, 0.717) is 0 Å². The summed E-state index contributed by atoms with van der Waals surface area (Å²) in [5, 5.41) is 13.4. The number of carboxylic acids is 1. The highest BCUT2D eigenvalue weighted by Crippen LogP contribution is 2.36. The van der Waals surface area contributed by atoms with Crippen LogP contribution in [0.25, 0.3) is 0 Å². The summed E-state index contributed by atoms with van der Waals surface area (Å²) < 4.78 is 17.3. The second kappa shape index (κ2) is 12.9. The van der Waals surface area contributed by atoms with Gasteiger partial charge in [-0.3, -0.25) is 4.79 Å². The lowest BCUT2D eigenvalue weighted by atomic mass is 10.1. The van der Waals surface area contributed by atoms with Crippen LogP contribution in [0.3, 0.4) is 0 Å². The van der Waals surface area contributed by atoms with Crippen LogP contribution in [-0.2, 0) is 23.5 Å². The number of nitrogens with one attached hydrogen (secondary N) is 1. The van der Waals surface area contributed by atoms with Crippen molar-refractivity contribution in [3.63, 3.8) is 0 Å². The fourth-order valence-corrected chi connectivity index (χ4v) is 8.71. The highest BCUT2D eigenvalue weighted by Gasteiger charge is 2.50. The van der Waals surface area contributed by atoms with Crippen LogP contribution in [0.1, 0.15) is 54.4 Å². The van der Waals surface area contributed by atoms with Crippen molar-refractivity contribution in [1.82, 2.24) is 5.32 Å². The van der Waals surface area contributed by atoms with Gasteiger partial charge in [-0.15, -0.1) is 0 Å². The van der Waals surface area contributed by atoms with E-state index in [1.54, 1.807) is 20.8 Å². The quantitative estimate of drug-likeness (QED) is 0.258. The first-order chi connectivity index (χ1) is 17.3. The molecule has 2 rings (SSSR count). The minimum atomic E-state index is -2.77. The molecule has 37 heavy (non-hydrogen) atoms. The molecule has 0 aliphatic heterocycles. The van der Waals surface area contributed by atoms with Crippen LogP contribution in [0.4, 0.5) is 4.79 Å². The Morgan fingerprint density at radius 2 is 1.38 bits per heavy atom. The van der Waals surface area contributed by atoms with E-state index < -0.39 is 38.0 Å². The summed E-state index contributed by atoms with van der Waals surface area (Å²) in [4.78, 5) is 36.0. The molecule has 9 heteroatoms. The van der Waals surface area contributed by atoms with Gasteiger partial charge in [0.2, 0.25) is 0 Å². The minimum absolute atomic E-state index is 0.0453. The molecule has 0 aliphatic carbocycles. The second-order valence-electron chi connectivity index (χ2n) is 10.8. The number of carbonyl (C=O) groups is 3. The molecule has 2 N–H and O–H groups in total. The Hall–Kier alpha value is -3.17. The Bertz CT molecular complexity index is 990. The van der Waals surface area contributed by atoms with Gasteiger partial charge in [0.05, 0.1) is 6.61 Å². The number of hydrogen-bond acceptors (Lipinski definition) is 6. The molecule has 0 aliphatic rings. The summed E-state index contributed by atoms with van der Waals surface area (Å²) in [6.45, 7) is 11.6. The van der Waals surface area contributed by atoms with Crippen molar-refractivity contribution in [3.8, 4) is 0 Å². The molecule has 2 aromatic rings. The van der Waals surface area contributed by atoms with Gasteiger partial charge in [-0.25, -0.2) is 9.59 Å². The summed E-state index contributed by atoms with van der Waals surface area (Å²) >= 11 is 0. The van der Waals surface area contributed by atoms with Gasteiger partial charge in [-0.1, -0.05) is 81.4 Å². The van der Waals surface area contributed by atoms with Crippen LogP contribution in [0.5, 0.6) is 0 Å². The molecule has 202 valence electrons. The largest absolute Gasteiger partial charge is 0.481 e. The predicted octanol–water partition coefficient (Wildman–Crippen LogP) is 3.86. The first-order valence-corrected chi connectivity index (χ1v) is 14.3. The zero-order valence-electron chi connectivity index (χ0n) is 22.6. The Labute approximate surface area is 220 Å². The summed E-state index contributed by atoms with van der Waals surface area (Å²) in [6.07, 6.45) is -1.26. The van der Waals surface area contributed by atoms with Crippen LogP contribution in [0.15, 0.2) is 60.7 Å². The molecule has 0 aromatic heterocycles. The SMILES string of the molecule is CC(C)(C)OC(=O)[C@H](CCC(=O)O)NC(=O)OCCO[Si](c1ccccc1)(c1ccccc1)C(C)(C)C. The molecule has 0 fully saturated rings. The van der Waals surface area contributed by atoms with Crippen molar-refractivity contribution in [1.29, 1.82) is 0 Å². The molecule has 1 amide bonds. The maximum Gasteiger partial charge on any atom is 0.407 e. The highest BCUT2D eigenvalue weighted by molar-refractivity contribution is 6.99.